The molecule has 1 heterocycles. The molecule has 1 aromatic rings. The minimum absolute atomic E-state index is 0.135. The lowest BCUT2D eigenvalue weighted by molar-refractivity contribution is -0.138. The van der Waals surface area contributed by atoms with Gasteiger partial charge in [0.1, 0.15) is 0 Å². The van der Waals surface area contributed by atoms with E-state index in [1.54, 1.807) is 18.3 Å². The number of rotatable bonds is 7. The van der Waals surface area contributed by atoms with Crippen LogP contribution in [0.2, 0.25) is 0 Å². The lowest BCUT2D eigenvalue weighted by atomic mass is 10.2. The highest BCUT2D eigenvalue weighted by Gasteiger charge is 2.15. The molecule has 0 atom stereocenters. The van der Waals surface area contributed by atoms with Crippen LogP contribution in [0.1, 0.15) is 5.56 Å². The summed E-state index contributed by atoms with van der Waals surface area (Å²) in [5, 5.41) is 8.76. The molecule has 7 heteroatoms. The van der Waals surface area contributed by atoms with E-state index in [0.717, 1.165) is 0 Å². The van der Waals surface area contributed by atoms with Gasteiger partial charge < -0.3 is 15.6 Å². The number of amides is 1. The fourth-order valence-electron chi connectivity index (χ4n) is 1.55. The lowest BCUT2D eigenvalue weighted by Crippen LogP contribution is -2.37. The monoisotopic (exact) mass is 253 g/mol. The number of carbonyl (C=O) groups is 2. The molecule has 0 aromatic carbocycles. The Kier molecular flexibility index (Phi) is 5.06. The molecule has 0 spiro atoms. The van der Waals surface area contributed by atoms with Crippen molar-refractivity contribution in [2.24, 2.45) is 5.73 Å². The Labute approximate surface area is 104 Å². The molecule has 0 aliphatic heterocycles. The van der Waals surface area contributed by atoms with Crippen molar-refractivity contribution in [3.8, 4) is 5.88 Å². The number of nitrogens with zero attached hydrogens (tertiary/aromatic N) is 2. The second-order valence-electron chi connectivity index (χ2n) is 3.68. The number of carboxylic acids is 1. The molecule has 0 radical (unpaired) electrons. The van der Waals surface area contributed by atoms with Gasteiger partial charge in [-0.25, -0.2) is 4.98 Å². The molecule has 0 saturated carbocycles. The first-order chi connectivity index (χ1) is 8.52. The summed E-state index contributed by atoms with van der Waals surface area (Å²) in [7, 11) is 1.47. The molecular formula is C11H15N3O4. The molecule has 1 rings (SSSR count). The Morgan fingerprint density at radius 2 is 2.22 bits per heavy atom. The van der Waals surface area contributed by atoms with E-state index in [1.807, 2.05) is 0 Å². The molecule has 0 saturated heterocycles. The summed E-state index contributed by atoms with van der Waals surface area (Å²) in [6.45, 7) is -0.183. The maximum Gasteiger partial charge on any atom is 0.317 e. The highest BCUT2D eigenvalue weighted by molar-refractivity contribution is 5.77. The van der Waals surface area contributed by atoms with Gasteiger partial charge in [0.2, 0.25) is 11.8 Å². The molecule has 0 fully saturated rings. The van der Waals surface area contributed by atoms with Gasteiger partial charge in [-0.15, -0.1) is 0 Å². The number of nitrogens with two attached hydrogens (primary N) is 1. The van der Waals surface area contributed by atoms with Crippen molar-refractivity contribution in [3.63, 3.8) is 0 Å². The van der Waals surface area contributed by atoms with Gasteiger partial charge in [0.15, 0.2) is 0 Å². The van der Waals surface area contributed by atoms with E-state index in [2.05, 4.69) is 4.98 Å². The molecule has 7 nitrogen and oxygen atoms in total. The summed E-state index contributed by atoms with van der Waals surface area (Å²) in [5.74, 6) is -1.21. The number of primary amides is 1. The van der Waals surface area contributed by atoms with Gasteiger partial charge in [0, 0.05) is 18.3 Å². The van der Waals surface area contributed by atoms with E-state index in [9.17, 15) is 9.59 Å². The number of hydrogen-bond acceptors (Lipinski definition) is 5. The van der Waals surface area contributed by atoms with Crippen LogP contribution in [-0.4, -0.2) is 47.1 Å². The van der Waals surface area contributed by atoms with Crippen LogP contribution in [0.5, 0.6) is 5.88 Å². The highest BCUT2D eigenvalue weighted by Crippen LogP contribution is 2.15. The van der Waals surface area contributed by atoms with Crippen LogP contribution in [0.3, 0.4) is 0 Å². The van der Waals surface area contributed by atoms with Crippen molar-refractivity contribution in [2.75, 3.05) is 20.2 Å². The fourth-order valence-corrected chi connectivity index (χ4v) is 1.55. The van der Waals surface area contributed by atoms with E-state index in [1.165, 1.54) is 12.0 Å². The van der Waals surface area contributed by atoms with Crippen LogP contribution >= 0.6 is 0 Å². The van der Waals surface area contributed by atoms with Crippen LogP contribution in [0.4, 0.5) is 0 Å². The molecule has 98 valence electrons. The average Bonchev–Trinajstić information content (AvgIpc) is 2.27. The minimum Gasteiger partial charge on any atom is -0.481 e. The smallest absolute Gasteiger partial charge is 0.317 e. The van der Waals surface area contributed by atoms with E-state index in [-0.39, 0.29) is 19.6 Å². The lowest BCUT2D eigenvalue weighted by Gasteiger charge is -2.19. The van der Waals surface area contributed by atoms with Crippen molar-refractivity contribution in [2.45, 2.75) is 6.54 Å². The predicted octanol–water partition coefficient (Wildman–Crippen LogP) is -0.538. The Morgan fingerprint density at radius 1 is 1.50 bits per heavy atom. The quantitative estimate of drug-likeness (QED) is 0.676. The number of pyridine rings is 1. The van der Waals surface area contributed by atoms with Crippen LogP contribution in [0.25, 0.3) is 0 Å². The third-order valence-corrected chi connectivity index (χ3v) is 2.18. The number of methoxy groups -OCH3 is 1. The molecule has 0 aliphatic rings. The zero-order valence-electron chi connectivity index (χ0n) is 10.00. The summed E-state index contributed by atoms with van der Waals surface area (Å²) in [6.07, 6.45) is 1.57. The third-order valence-electron chi connectivity index (χ3n) is 2.18. The summed E-state index contributed by atoms with van der Waals surface area (Å²) in [4.78, 5) is 27.0. The largest absolute Gasteiger partial charge is 0.481 e. The van der Waals surface area contributed by atoms with E-state index >= 15 is 0 Å². The number of carboxylic acid groups (broad SMARTS) is 1. The van der Waals surface area contributed by atoms with Gasteiger partial charge in [0.05, 0.1) is 20.2 Å². The first-order valence-corrected chi connectivity index (χ1v) is 5.23. The van der Waals surface area contributed by atoms with Gasteiger partial charge >= 0.3 is 5.97 Å². The van der Waals surface area contributed by atoms with Crippen LogP contribution in [-0.2, 0) is 16.1 Å². The molecule has 1 amide bonds. The first-order valence-electron chi connectivity index (χ1n) is 5.23. The van der Waals surface area contributed by atoms with Crippen molar-refractivity contribution < 1.29 is 19.4 Å². The van der Waals surface area contributed by atoms with Crippen molar-refractivity contribution in [3.05, 3.63) is 23.9 Å². The van der Waals surface area contributed by atoms with E-state index in [4.69, 9.17) is 15.6 Å². The number of hydrogen-bond donors (Lipinski definition) is 2. The van der Waals surface area contributed by atoms with Gasteiger partial charge in [-0.3, -0.25) is 14.5 Å². The molecular weight excluding hydrogens is 238 g/mol. The van der Waals surface area contributed by atoms with Crippen molar-refractivity contribution >= 4 is 11.9 Å². The topological polar surface area (TPSA) is 106 Å². The van der Waals surface area contributed by atoms with E-state index in [0.29, 0.717) is 11.4 Å². The van der Waals surface area contributed by atoms with Gasteiger partial charge in [-0.05, 0) is 6.07 Å². The molecule has 18 heavy (non-hydrogen) atoms. The predicted molar refractivity (Wildman–Crippen MR) is 62.9 cm³/mol. The van der Waals surface area contributed by atoms with Gasteiger partial charge in [-0.2, -0.15) is 0 Å². The van der Waals surface area contributed by atoms with Crippen molar-refractivity contribution in [1.82, 2.24) is 9.88 Å². The first kappa shape index (κ1) is 13.9. The number of aliphatic carboxylic acids is 1. The third kappa shape index (κ3) is 4.38. The molecule has 3 N–H and O–H groups in total. The molecule has 0 aliphatic carbocycles. The SMILES string of the molecule is COc1ncccc1CN(CC(N)=O)CC(=O)O. The second kappa shape index (κ2) is 6.55. The Balaban J connectivity index is 2.81. The standard InChI is InChI=1S/C11H15N3O4/c1-18-11-8(3-2-4-13-11)5-14(6-9(12)15)7-10(16)17/h2-4H,5-7H2,1H3,(H2,12,15)(H,16,17). The average molecular weight is 253 g/mol. The Hall–Kier alpha value is -2.15. The molecule has 0 unspecified atom stereocenters. The maximum absolute atomic E-state index is 10.9. The maximum atomic E-state index is 10.9. The fraction of sp³-hybridized carbons (Fsp3) is 0.364. The Bertz CT molecular complexity index is 420. The van der Waals surface area contributed by atoms with Gasteiger partial charge in [0.25, 0.3) is 0 Å². The Morgan fingerprint density at radius 3 is 2.78 bits per heavy atom. The minimum atomic E-state index is -1.03. The molecule has 0 bridgehead atoms. The van der Waals surface area contributed by atoms with Crippen LogP contribution < -0.4 is 10.5 Å². The summed E-state index contributed by atoms with van der Waals surface area (Å²) < 4.78 is 5.05. The zero-order chi connectivity index (χ0) is 13.5. The number of aromatic nitrogens is 1. The highest BCUT2D eigenvalue weighted by atomic mass is 16.5. The number of carbonyl (C=O) groups excluding carboxylic acids is 1. The van der Waals surface area contributed by atoms with Crippen LogP contribution in [0.15, 0.2) is 18.3 Å². The second-order valence-corrected chi connectivity index (χ2v) is 3.68. The van der Waals surface area contributed by atoms with E-state index < -0.39 is 11.9 Å². The van der Waals surface area contributed by atoms with Crippen molar-refractivity contribution in [1.29, 1.82) is 0 Å². The summed E-state index contributed by atoms with van der Waals surface area (Å²) >= 11 is 0. The summed E-state index contributed by atoms with van der Waals surface area (Å²) in [5.41, 5.74) is 5.77. The normalized spacial score (nSPS) is 10.3. The number of ether oxygens (including phenoxy) is 1. The van der Waals surface area contributed by atoms with Gasteiger partial charge in [-0.1, -0.05) is 6.07 Å². The zero-order valence-corrected chi connectivity index (χ0v) is 10.00. The van der Waals surface area contributed by atoms with Crippen LogP contribution in [0, 0.1) is 0 Å². The summed E-state index contributed by atoms with van der Waals surface area (Å²) in [6, 6.07) is 3.46. The molecule has 1 aromatic heterocycles.